The van der Waals surface area contributed by atoms with Crippen molar-refractivity contribution in [1.82, 2.24) is 0 Å². The summed E-state index contributed by atoms with van der Waals surface area (Å²) in [4.78, 5) is 1.97. The van der Waals surface area contributed by atoms with Crippen molar-refractivity contribution in [2.75, 3.05) is 11.9 Å². The van der Waals surface area contributed by atoms with E-state index in [9.17, 15) is 0 Å². The summed E-state index contributed by atoms with van der Waals surface area (Å²) in [5.74, 6) is 0. The van der Waals surface area contributed by atoms with E-state index in [1.807, 2.05) is 36.2 Å². The second kappa shape index (κ2) is 3.97. The minimum Gasteiger partial charge on any atom is -0.345 e. The molecule has 0 fully saturated rings. The molecule has 0 unspecified atom stereocenters. The van der Waals surface area contributed by atoms with Gasteiger partial charge in [0.2, 0.25) is 0 Å². The van der Waals surface area contributed by atoms with Gasteiger partial charge in [0.1, 0.15) is 0 Å². The molecule has 0 spiro atoms. The molecule has 0 aromatic heterocycles. The van der Waals surface area contributed by atoms with Gasteiger partial charge in [-0.05, 0) is 24.3 Å². The molecule has 0 atom stereocenters. The van der Waals surface area contributed by atoms with Crippen molar-refractivity contribution in [3.8, 4) is 0 Å². The Morgan fingerprint density at radius 3 is 1.79 bits per heavy atom. The molecule has 0 bridgehead atoms. The molecule has 1 heteroatoms. The van der Waals surface area contributed by atoms with Crippen molar-refractivity contribution in [3.05, 3.63) is 60.6 Å². The standard InChI is InChI=1S/C13H13N/c1-14(12-8-4-2-5-9-12)13-10-6-3-7-11-13/h2-11H,1H3/i4D,6D. The highest BCUT2D eigenvalue weighted by Gasteiger charge is 2.00. The first kappa shape index (κ1) is 6.66. The molecular formula is C13H13N. The third kappa shape index (κ3) is 1.77. The number of benzene rings is 2. The van der Waals surface area contributed by atoms with Crippen LogP contribution < -0.4 is 4.90 Å². The average molecular weight is 185 g/mol. The molecule has 0 N–H and O–H groups in total. The summed E-state index contributed by atoms with van der Waals surface area (Å²) in [6.45, 7) is 0. The van der Waals surface area contributed by atoms with E-state index in [-0.39, 0.29) is 0 Å². The third-order valence-corrected chi connectivity index (χ3v) is 2.16. The van der Waals surface area contributed by atoms with Crippen LogP contribution in [0.25, 0.3) is 0 Å². The molecule has 0 amide bonds. The number of nitrogens with zero attached hydrogens (tertiary/aromatic N) is 1. The van der Waals surface area contributed by atoms with E-state index < -0.39 is 0 Å². The molecule has 2 rings (SSSR count). The maximum absolute atomic E-state index is 7.57. The van der Waals surface area contributed by atoms with E-state index in [0.29, 0.717) is 12.1 Å². The van der Waals surface area contributed by atoms with Crippen LogP contribution in [-0.4, -0.2) is 7.05 Å². The van der Waals surface area contributed by atoms with Crippen molar-refractivity contribution in [2.45, 2.75) is 0 Å². The predicted octanol–water partition coefficient (Wildman–Crippen LogP) is 3.45. The minimum atomic E-state index is 0.492. The summed E-state index contributed by atoms with van der Waals surface area (Å²) >= 11 is 0. The van der Waals surface area contributed by atoms with Gasteiger partial charge >= 0.3 is 0 Å². The Labute approximate surface area is 87.4 Å². The fourth-order valence-electron chi connectivity index (χ4n) is 1.33. The van der Waals surface area contributed by atoms with Crippen molar-refractivity contribution in [1.29, 1.82) is 0 Å². The number of hydrogen-bond donors (Lipinski definition) is 0. The van der Waals surface area contributed by atoms with Gasteiger partial charge in [0, 0.05) is 18.4 Å². The zero-order valence-electron chi connectivity index (χ0n) is 10.1. The summed E-state index contributed by atoms with van der Waals surface area (Å²) < 4.78 is 15.1. The van der Waals surface area contributed by atoms with Gasteiger partial charge in [0.05, 0.1) is 2.74 Å². The summed E-state index contributed by atoms with van der Waals surface area (Å²) in [7, 11) is 1.93. The number of rotatable bonds is 2. The quantitative estimate of drug-likeness (QED) is 0.692. The molecule has 2 aromatic rings. The van der Waals surface area contributed by atoms with Gasteiger partial charge in [-0.25, -0.2) is 0 Å². The third-order valence-electron chi connectivity index (χ3n) is 2.16. The van der Waals surface area contributed by atoms with Crippen LogP contribution in [-0.2, 0) is 0 Å². The van der Waals surface area contributed by atoms with Crippen molar-refractivity contribution in [3.63, 3.8) is 0 Å². The van der Waals surface area contributed by atoms with E-state index in [2.05, 4.69) is 0 Å². The molecule has 0 aliphatic carbocycles. The van der Waals surface area contributed by atoms with E-state index in [4.69, 9.17) is 2.74 Å². The molecule has 2 aromatic carbocycles. The second-order valence-corrected chi connectivity index (χ2v) is 3.08. The fraction of sp³-hybridized carbons (Fsp3) is 0.0769. The first-order valence-corrected chi connectivity index (χ1v) is 4.54. The maximum Gasteiger partial charge on any atom is 0.0623 e. The van der Waals surface area contributed by atoms with Crippen LogP contribution in [0.3, 0.4) is 0 Å². The molecule has 0 aliphatic heterocycles. The fourth-order valence-corrected chi connectivity index (χ4v) is 1.33. The summed E-state index contributed by atoms with van der Waals surface area (Å²) in [5.41, 5.74) is 1.91. The van der Waals surface area contributed by atoms with E-state index in [1.165, 1.54) is 0 Å². The Hall–Kier alpha value is -1.76. The molecule has 0 saturated heterocycles. The molecule has 1 nitrogen and oxygen atoms in total. The Bertz CT molecular complexity index is 451. The lowest BCUT2D eigenvalue weighted by Crippen LogP contribution is -2.08. The first-order chi connectivity index (χ1) is 7.66. The van der Waals surface area contributed by atoms with Gasteiger partial charge in [-0.3, -0.25) is 0 Å². The van der Waals surface area contributed by atoms with Crippen molar-refractivity contribution >= 4 is 11.4 Å². The largest absolute Gasteiger partial charge is 0.345 e. The van der Waals surface area contributed by atoms with Crippen molar-refractivity contribution in [2.24, 2.45) is 0 Å². The Balaban J connectivity index is 2.35. The SMILES string of the molecule is [2H]c1cccc(N(C)c2cccc([2H])c2)c1. The highest BCUT2D eigenvalue weighted by Crippen LogP contribution is 2.21. The lowest BCUT2D eigenvalue weighted by atomic mass is 10.2. The maximum atomic E-state index is 7.57. The monoisotopic (exact) mass is 185 g/mol. The van der Waals surface area contributed by atoms with Crippen LogP contribution in [0.5, 0.6) is 0 Å². The average Bonchev–Trinajstić information content (AvgIpc) is 2.28. The lowest BCUT2D eigenvalue weighted by Gasteiger charge is -2.18. The number of anilines is 2. The normalized spacial score (nSPS) is 11.8. The van der Waals surface area contributed by atoms with Crippen LogP contribution in [0.2, 0.25) is 0 Å². The second-order valence-electron chi connectivity index (χ2n) is 3.08. The van der Waals surface area contributed by atoms with E-state index >= 15 is 0 Å². The van der Waals surface area contributed by atoms with E-state index in [0.717, 1.165) is 11.4 Å². The van der Waals surface area contributed by atoms with Gasteiger partial charge in [-0.1, -0.05) is 36.4 Å². The van der Waals surface area contributed by atoms with Crippen molar-refractivity contribution < 1.29 is 2.74 Å². The van der Waals surface area contributed by atoms with Crippen LogP contribution in [0.4, 0.5) is 11.4 Å². The van der Waals surface area contributed by atoms with E-state index in [1.54, 1.807) is 24.3 Å². The zero-order chi connectivity index (χ0) is 11.5. The highest BCUT2D eigenvalue weighted by molar-refractivity contribution is 5.61. The minimum absolute atomic E-state index is 0.492. The molecular weight excluding hydrogens is 170 g/mol. The van der Waals surface area contributed by atoms with Crippen LogP contribution >= 0.6 is 0 Å². The van der Waals surface area contributed by atoms with Gasteiger partial charge < -0.3 is 4.90 Å². The molecule has 0 aliphatic rings. The summed E-state index contributed by atoms with van der Waals surface area (Å²) in [6, 6.07) is 15.7. The Morgan fingerprint density at radius 2 is 1.36 bits per heavy atom. The molecule has 70 valence electrons. The summed E-state index contributed by atoms with van der Waals surface area (Å²) in [6.07, 6.45) is 0. The number of para-hydroxylation sites is 2. The molecule has 0 radical (unpaired) electrons. The smallest absolute Gasteiger partial charge is 0.0623 e. The van der Waals surface area contributed by atoms with Gasteiger partial charge in [-0.15, -0.1) is 0 Å². The van der Waals surface area contributed by atoms with Gasteiger partial charge in [0.15, 0.2) is 0 Å². The Kier molecular flexibility index (Phi) is 1.89. The molecule has 14 heavy (non-hydrogen) atoms. The van der Waals surface area contributed by atoms with Crippen LogP contribution in [0.1, 0.15) is 2.74 Å². The molecule has 0 saturated carbocycles. The van der Waals surface area contributed by atoms with Crippen LogP contribution in [0, 0.1) is 0 Å². The topological polar surface area (TPSA) is 3.24 Å². The summed E-state index contributed by atoms with van der Waals surface area (Å²) in [5, 5.41) is 0. The zero-order valence-corrected chi connectivity index (χ0v) is 8.07. The number of hydrogen-bond acceptors (Lipinski definition) is 1. The highest BCUT2D eigenvalue weighted by atomic mass is 15.1. The van der Waals surface area contributed by atoms with Crippen LogP contribution in [0.15, 0.2) is 60.6 Å². The molecule has 0 heterocycles. The van der Waals surface area contributed by atoms with Gasteiger partial charge in [0.25, 0.3) is 0 Å². The first-order valence-electron chi connectivity index (χ1n) is 5.54. The Morgan fingerprint density at radius 1 is 0.857 bits per heavy atom. The van der Waals surface area contributed by atoms with Gasteiger partial charge in [-0.2, -0.15) is 0 Å². The predicted molar refractivity (Wildman–Crippen MR) is 60.9 cm³/mol. The lowest BCUT2D eigenvalue weighted by molar-refractivity contribution is 1.21.